The Morgan fingerprint density at radius 3 is 2.57 bits per heavy atom. The number of anilines is 1. The van der Waals surface area contributed by atoms with E-state index in [-0.39, 0.29) is 17.7 Å². The van der Waals surface area contributed by atoms with Gasteiger partial charge in [0, 0.05) is 10.7 Å². The molecule has 1 amide bonds. The van der Waals surface area contributed by atoms with Crippen LogP contribution < -0.4 is 5.32 Å². The van der Waals surface area contributed by atoms with Crippen LogP contribution in [0.1, 0.15) is 12.0 Å². The summed E-state index contributed by atoms with van der Waals surface area (Å²) in [7, 11) is 0. The highest BCUT2D eigenvalue weighted by Gasteiger charge is 2.51. The number of carbonyl (C=O) groups excluding carboxylic acids is 1. The van der Waals surface area contributed by atoms with Crippen molar-refractivity contribution in [1.29, 1.82) is 0 Å². The molecule has 21 heavy (non-hydrogen) atoms. The lowest BCUT2D eigenvalue weighted by atomic mass is 9.82. The Morgan fingerprint density at radius 1 is 1.24 bits per heavy atom. The minimum absolute atomic E-state index is 0.0237. The molecule has 0 aromatic heterocycles. The first-order chi connectivity index (χ1) is 9.97. The summed E-state index contributed by atoms with van der Waals surface area (Å²) in [6.45, 7) is 1.88. The fourth-order valence-corrected chi connectivity index (χ4v) is 3.63. The molecule has 0 aliphatic heterocycles. The summed E-state index contributed by atoms with van der Waals surface area (Å²) < 4.78 is 0. The van der Waals surface area contributed by atoms with Crippen molar-refractivity contribution in [1.82, 2.24) is 0 Å². The molecule has 2 bridgehead atoms. The van der Waals surface area contributed by atoms with Crippen molar-refractivity contribution in [3.05, 3.63) is 40.9 Å². The number of hydrogen-bond acceptors (Lipinski definition) is 2. The standard InChI is InChI=1S/C16H16ClNO3/c1-8-2-5-11(17)7-12(8)18-15(19)13-9-3-4-10(6-9)14(13)16(20)21/h2-5,7,9-10,13-14H,6H2,1H3,(H,18,19)(H,20,21). The molecule has 1 fully saturated rings. The van der Waals surface area contributed by atoms with E-state index in [2.05, 4.69) is 5.32 Å². The number of benzene rings is 1. The van der Waals surface area contributed by atoms with Crippen molar-refractivity contribution in [2.24, 2.45) is 23.7 Å². The normalized spacial score (nSPS) is 29.6. The average Bonchev–Trinajstić information content (AvgIpc) is 3.03. The number of halogens is 1. The van der Waals surface area contributed by atoms with Gasteiger partial charge in [-0.3, -0.25) is 9.59 Å². The molecule has 4 unspecified atom stereocenters. The SMILES string of the molecule is Cc1ccc(Cl)cc1NC(=O)C1C2C=CC(C2)C1C(=O)O. The van der Waals surface area contributed by atoms with Crippen molar-refractivity contribution in [2.45, 2.75) is 13.3 Å². The number of carboxylic acids is 1. The summed E-state index contributed by atoms with van der Waals surface area (Å²) in [6.07, 6.45) is 4.65. The Labute approximate surface area is 127 Å². The maximum atomic E-state index is 12.5. The highest BCUT2D eigenvalue weighted by atomic mass is 35.5. The largest absolute Gasteiger partial charge is 0.481 e. The van der Waals surface area contributed by atoms with Gasteiger partial charge in [0.05, 0.1) is 11.8 Å². The van der Waals surface area contributed by atoms with Gasteiger partial charge in [0.25, 0.3) is 0 Å². The van der Waals surface area contributed by atoms with Gasteiger partial charge in [0.15, 0.2) is 0 Å². The predicted molar refractivity (Wildman–Crippen MR) is 80.2 cm³/mol. The molecule has 110 valence electrons. The van der Waals surface area contributed by atoms with E-state index in [0.29, 0.717) is 10.7 Å². The summed E-state index contributed by atoms with van der Waals surface area (Å²) in [6, 6.07) is 5.27. The molecule has 2 aliphatic rings. The third-order valence-corrected chi connectivity index (χ3v) is 4.74. The van der Waals surface area contributed by atoms with Crippen LogP contribution in [0.4, 0.5) is 5.69 Å². The van der Waals surface area contributed by atoms with E-state index < -0.39 is 17.8 Å². The second-order valence-corrected chi connectivity index (χ2v) is 6.22. The summed E-state index contributed by atoms with van der Waals surface area (Å²) in [5.74, 6) is -2.26. The first-order valence-corrected chi connectivity index (χ1v) is 7.33. The van der Waals surface area contributed by atoms with Gasteiger partial charge in [-0.05, 0) is 42.9 Å². The summed E-state index contributed by atoms with van der Waals surface area (Å²) in [5.41, 5.74) is 1.54. The van der Waals surface area contributed by atoms with Crippen LogP contribution in [0.2, 0.25) is 5.02 Å². The van der Waals surface area contributed by atoms with Crippen LogP contribution in [0.5, 0.6) is 0 Å². The van der Waals surface area contributed by atoms with E-state index in [4.69, 9.17) is 11.6 Å². The van der Waals surface area contributed by atoms with E-state index in [1.807, 2.05) is 25.1 Å². The molecule has 0 saturated heterocycles. The lowest BCUT2D eigenvalue weighted by Crippen LogP contribution is -2.36. The molecule has 0 heterocycles. The van der Waals surface area contributed by atoms with Crippen LogP contribution in [0.15, 0.2) is 30.4 Å². The molecule has 2 aliphatic carbocycles. The number of nitrogens with one attached hydrogen (secondary N) is 1. The van der Waals surface area contributed by atoms with Gasteiger partial charge in [-0.1, -0.05) is 29.8 Å². The highest BCUT2D eigenvalue weighted by molar-refractivity contribution is 6.31. The number of fused-ring (bicyclic) bond motifs is 2. The third-order valence-electron chi connectivity index (χ3n) is 4.50. The van der Waals surface area contributed by atoms with Crippen LogP contribution in [0.3, 0.4) is 0 Å². The maximum absolute atomic E-state index is 12.5. The van der Waals surface area contributed by atoms with Crippen molar-refractivity contribution in [3.63, 3.8) is 0 Å². The predicted octanol–water partition coefficient (Wildman–Crippen LogP) is 3.11. The molecule has 4 atom stereocenters. The fourth-order valence-electron chi connectivity index (χ4n) is 3.46. The summed E-state index contributed by atoms with van der Waals surface area (Å²) in [4.78, 5) is 24.0. The Bertz CT molecular complexity index is 640. The summed E-state index contributed by atoms with van der Waals surface area (Å²) >= 11 is 5.95. The quantitative estimate of drug-likeness (QED) is 0.843. The number of aliphatic carboxylic acids is 1. The average molecular weight is 306 g/mol. The first-order valence-electron chi connectivity index (χ1n) is 6.95. The van der Waals surface area contributed by atoms with E-state index in [9.17, 15) is 14.7 Å². The van der Waals surface area contributed by atoms with Gasteiger partial charge in [-0.2, -0.15) is 0 Å². The van der Waals surface area contributed by atoms with Crippen molar-refractivity contribution in [3.8, 4) is 0 Å². The number of rotatable bonds is 3. The Balaban J connectivity index is 1.83. The lowest BCUT2D eigenvalue weighted by molar-refractivity contribution is -0.146. The zero-order valence-corrected chi connectivity index (χ0v) is 12.3. The number of aryl methyl sites for hydroxylation is 1. The number of hydrogen-bond donors (Lipinski definition) is 2. The molecule has 0 spiro atoms. The second-order valence-electron chi connectivity index (χ2n) is 5.79. The van der Waals surface area contributed by atoms with E-state index in [0.717, 1.165) is 12.0 Å². The number of carboxylic acid groups (broad SMARTS) is 1. The van der Waals surface area contributed by atoms with Gasteiger partial charge < -0.3 is 10.4 Å². The van der Waals surface area contributed by atoms with Crippen LogP contribution in [0.25, 0.3) is 0 Å². The monoisotopic (exact) mass is 305 g/mol. The molecule has 1 aromatic rings. The van der Waals surface area contributed by atoms with E-state index in [1.54, 1.807) is 12.1 Å². The molecule has 1 aromatic carbocycles. The fraction of sp³-hybridized carbons (Fsp3) is 0.375. The van der Waals surface area contributed by atoms with E-state index in [1.165, 1.54) is 0 Å². The lowest BCUT2D eigenvalue weighted by Gasteiger charge is -2.24. The molecule has 1 saturated carbocycles. The summed E-state index contributed by atoms with van der Waals surface area (Å²) in [5, 5.41) is 12.8. The molecule has 2 N–H and O–H groups in total. The van der Waals surface area contributed by atoms with E-state index >= 15 is 0 Å². The number of carbonyl (C=O) groups is 2. The second kappa shape index (κ2) is 5.19. The molecular weight excluding hydrogens is 290 g/mol. The molecule has 0 radical (unpaired) electrons. The van der Waals surface area contributed by atoms with Gasteiger partial charge in [0.2, 0.25) is 5.91 Å². The van der Waals surface area contributed by atoms with Crippen LogP contribution in [-0.4, -0.2) is 17.0 Å². The van der Waals surface area contributed by atoms with Crippen LogP contribution in [0, 0.1) is 30.6 Å². The molecule has 3 rings (SSSR count). The number of amides is 1. The highest BCUT2D eigenvalue weighted by Crippen LogP contribution is 2.48. The van der Waals surface area contributed by atoms with Crippen molar-refractivity contribution < 1.29 is 14.7 Å². The Kier molecular flexibility index (Phi) is 3.49. The van der Waals surface area contributed by atoms with Gasteiger partial charge >= 0.3 is 5.97 Å². The van der Waals surface area contributed by atoms with Gasteiger partial charge in [-0.25, -0.2) is 0 Å². The number of allylic oxidation sites excluding steroid dienone is 2. The first kappa shape index (κ1) is 14.1. The van der Waals surface area contributed by atoms with Gasteiger partial charge in [0.1, 0.15) is 0 Å². The molecule has 4 nitrogen and oxygen atoms in total. The topological polar surface area (TPSA) is 66.4 Å². The zero-order valence-electron chi connectivity index (χ0n) is 11.5. The molecular formula is C16H16ClNO3. The van der Waals surface area contributed by atoms with Crippen LogP contribution in [-0.2, 0) is 9.59 Å². The van der Waals surface area contributed by atoms with Gasteiger partial charge in [-0.15, -0.1) is 0 Å². The smallest absolute Gasteiger partial charge is 0.307 e. The minimum atomic E-state index is -0.894. The Hall–Kier alpha value is -1.81. The molecule has 5 heteroatoms. The maximum Gasteiger partial charge on any atom is 0.307 e. The Morgan fingerprint density at radius 2 is 1.90 bits per heavy atom. The van der Waals surface area contributed by atoms with Crippen molar-refractivity contribution in [2.75, 3.05) is 5.32 Å². The minimum Gasteiger partial charge on any atom is -0.481 e. The third kappa shape index (κ3) is 2.44. The van der Waals surface area contributed by atoms with Crippen LogP contribution >= 0.6 is 11.6 Å². The van der Waals surface area contributed by atoms with Crippen molar-refractivity contribution >= 4 is 29.2 Å². The zero-order chi connectivity index (χ0) is 15.1.